The summed E-state index contributed by atoms with van der Waals surface area (Å²) in [7, 11) is 0. The molecule has 0 bridgehead atoms. The van der Waals surface area contributed by atoms with E-state index in [1.165, 1.54) is 6.07 Å². The smallest absolute Gasteiger partial charge is 0.322 e. The highest BCUT2D eigenvalue weighted by molar-refractivity contribution is 6.42. The molecule has 0 amide bonds. The van der Waals surface area contributed by atoms with E-state index < -0.39 is 29.5 Å². The topological polar surface area (TPSA) is 89.6 Å². The van der Waals surface area contributed by atoms with E-state index in [2.05, 4.69) is 0 Å². The molecule has 5 nitrogen and oxygen atoms in total. The molecule has 0 aliphatic heterocycles. The van der Waals surface area contributed by atoms with Gasteiger partial charge in [0.15, 0.2) is 5.92 Å². The highest BCUT2D eigenvalue weighted by Crippen LogP contribution is 2.33. The van der Waals surface area contributed by atoms with E-state index in [-0.39, 0.29) is 15.6 Å². The molecule has 0 aliphatic carbocycles. The highest BCUT2D eigenvalue weighted by Gasteiger charge is 2.38. The summed E-state index contributed by atoms with van der Waals surface area (Å²) in [5.41, 5.74) is 5.37. The fourth-order valence-corrected chi connectivity index (χ4v) is 2.16. The maximum absolute atomic E-state index is 12.1. The molecular weight excluding hydrogens is 317 g/mol. The molecule has 0 spiro atoms. The third-order valence-corrected chi connectivity index (χ3v) is 3.46. The number of hydrogen-bond donors (Lipinski definition) is 2. The molecule has 1 unspecified atom stereocenters. The molecule has 3 N–H and O–H groups in total. The molecule has 0 heterocycles. The average Bonchev–Trinajstić information content (AvgIpc) is 2.29. The Bertz CT molecular complexity index is 554. The molecule has 0 fully saturated rings. The van der Waals surface area contributed by atoms with Crippen molar-refractivity contribution in [2.45, 2.75) is 32.4 Å². The van der Waals surface area contributed by atoms with Gasteiger partial charge in [-0.15, -0.1) is 0 Å². The molecule has 1 aromatic carbocycles. The lowest BCUT2D eigenvalue weighted by molar-refractivity contribution is -0.167. The summed E-state index contributed by atoms with van der Waals surface area (Å²) < 4.78 is 5.10. The Balaban J connectivity index is 3.14. The van der Waals surface area contributed by atoms with Crippen LogP contribution in [0, 0.1) is 5.92 Å². The van der Waals surface area contributed by atoms with E-state index >= 15 is 0 Å². The molecular formula is C14H17Cl2NO4. The quantitative estimate of drug-likeness (QED) is 0.652. The van der Waals surface area contributed by atoms with Crippen molar-refractivity contribution in [3.63, 3.8) is 0 Å². The Labute approximate surface area is 133 Å². The molecule has 21 heavy (non-hydrogen) atoms. The van der Waals surface area contributed by atoms with Crippen molar-refractivity contribution in [3.8, 4) is 0 Å². The molecule has 0 saturated heterocycles. The van der Waals surface area contributed by atoms with Crippen molar-refractivity contribution in [1.82, 2.24) is 0 Å². The van der Waals surface area contributed by atoms with Gasteiger partial charge in [0.1, 0.15) is 5.60 Å². The van der Waals surface area contributed by atoms with E-state index in [1.54, 1.807) is 32.9 Å². The van der Waals surface area contributed by atoms with Gasteiger partial charge in [-0.1, -0.05) is 35.3 Å². The van der Waals surface area contributed by atoms with Crippen LogP contribution in [0.2, 0.25) is 10.0 Å². The monoisotopic (exact) mass is 333 g/mol. The normalized spacial score (nSPS) is 14.4. The first-order valence-electron chi connectivity index (χ1n) is 6.19. The van der Waals surface area contributed by atoms with E-state index in [4.69, 9.17) is 33.7 Å². The van der Waals surface area contributed by atoms with Gasteiger partial charge in [0.2, 0.25) is 0 Å². The number of hydrogen-bond acceptors (Lipinski definition) is 4. The second-order valence-electron chi connectivity index (χ2n) is 5.52. The number of aliphatic carboxylic acids is 1. The summed E-state index contributed by atoms with van der Waals surface area (Å²) in [5, 5.41) is 9.64. The van der Waals surface area contributed by atoms with Crippen LogP contribution in [-0.2, 0) is 14.3 Å². The van der Waals surface area contributed by atoms with E-state index in [0.717, 1.165) is 0 Å². The fraction of sp³-hybridized carbons (Fsp3) is 0.429. The number of carbonyl (C=O) groups is 2. The van der Waals surface area contributed by atoms with Crippen LogP contribution in [-0.4, -0.2) is 22.6 Å². The molecule has 116 valence electrons. The average molecular weight is 334 g/mol. The van der Waals surface area contributed by atoms with Crippen LogP contribution in [0.5, 0.6) is 0 Å². The van der Waals surface area contributed by atoms with E-state index in [9.17, 15) is 14.7 Å². The van der Waals surface area contributed by atoms with Crippen LogP contribution < -0.4 is 5.73 Å². The third-order valence-electron chi connectivity index (χ3n) is 2.63. The van der Waals surface area contributed by atoms with Crippen LogP contribution in [0.1, 0.15) is 32.4 Å². The number of esters is 1. The van der Waals surface area contributed by atoms with Gasteiger partial charge >= 0.3 is 11.9 Å². The molecule has 0 radical (unpaired) electrons. The first kappa shape index (κ1) is 17.8. The van der Waals surface area contributed by atoms with Crippen LogP contribution >= 0.6 is 23.2 Å². The highest BCUT2D eigenvalue weighted by atomic mass is 35.5. The first-order valence-corrected chi connectivity index (χ1v) is 6.95. The number of benzene rings is 1. The van der Waals surface area contributed by atoms with Gasteiger partial charge < -0.3 is 15.6 Å². The zero-order valence-corrected chi connectivity index (χ0v) is 13.4. The first-order chi connectivity index (χ1) is 9.54. The van der Waals surface area contributed by atoms with Crippen molar-refractivity contribution in [1.29, 1.82) is 0 Å². The predicted molar refractivity (Wildman–Crippen MR) is 80.4 cm³/mol. The number of carboxylic acids is 1. The number of rotatable bonds is 4. The Kier molecular flexibility index (Phi) is 5.61. The Morgan fingerprint density at radius 2 is 1.86 bits per heavy atom. The molecule has 0 aromatic heterocycles. The van der Waals surface area contributed by atoms with Gasteiger partial charge in [-0.2, -0.15) is 0 Å². The largest absolute Gasteiger partial charge is 0.481 e. The summed E-state index contributed by atoms with van der Waals surface area (Å²) >= 11 is 11.9. The van der Waals surface area contributed by atoms with Crippen LogP contribution in [0.15, 0.2) is 18.2 Å². The minimum absolute atomic E-state index is 0.126. The number of carboxylic acid groups (broad SMARTS) is 1. The van der Waals surface area contributed by atoms with Gasteiger partial charge in [0.05, 0.1) is 16.1 Å². The van der Waals surface area contributed by atoms with E-state index in [1.807, 2.05) is 0 Å². The summed E-state index contributed by atoms with van der Waals surface area (Å²) in [5.74, 6) is -3.87. The lowest BCUT2D eigenvalue weighted by Gasteiger charge is -2.25. The molecule has 2 atom stereocenters. The fourth-order valence-electron chi connectivity index (χ4n) is 1.72. The van der Waals surface area contributed by atoms with Crippen molar-refractivity contribution < 1.29 is 19.4 Å². The molecule has 0 saturated carbocycles. The van der Waals surface area contributed by atoms with Crippen LogP contribution in [0.3, 0.4) is 0 Å². The standard InChI is InChI=1S/C14H17Cl2NO4/c1-14(2,3)21-13(20)9(12(18)19)11(17)7-5-4-6-8(15)10(7)16/h4-6,9,11H,17H2,1-3H3,(H,18,19)/t9-,11?/m1/s1. The van der Waals surface area contributed by atoms with Gasteiger partial charge in [-0.25, -0.2) is 0 Å². The lowest BCUT2D eigenvalue weighted by atomic mass is 9.93. The van der Waals surface area contributed by atoms with Crippen molar-refractivity contribution >= 4 is 35.1 Å². The van der Waals surface area contributed by atoms with Crippen LogP contribution in [0.4, 0.5) is 0 Å². The second-order valence-corrected chi connectivity index (χ2v) is 6.30. The maximum Gasteiger partial charge on any atom is 0.322 e. The van der Waals surface area contributed by atoms with Gasteiger partial charge in [0, 0.05) is 0 Å². The molecule has 1 rings (SSSR count). The number of carbonyl (C=O) groups excluding carboxylic acids is 1. The number of nitrogens with two attached hydrogens (primary N) is 1. The van der Waals surface area contributed by atoms with Crippen molar-refractivity contribution in [2.75, 3.05) is 0 Å². The van der Waals surface area contributed by atoms with E-state index in [0.29, 0.717) is 0 Å². The van der Waals surface area contributed by atoms with Gasteiger partial charge in [-0.3, -0.25) is 9.59 Å². The summed E-state index contributed by atoms with van der Waals surface area (Å²) in [4.78, 5) is 23.4. The molecule has 7 heteroatoms. The molecule has 0 aliphatic rings. The lowest BCUT2D eigenvalue weighted by Crippen LogP contribution is -2.39. The summed E-state index contributed by atoms with van der Waals surface area (Å²) in [6, 6.07) is 3.49. The Hall–Kier alpha value is -1.30. The van der Waals surface area contributed by atoms with Crippen LogP contribution in [0.25, 0.3) is 0 Å². The minimum Gasteiger partial charge on any atom is -0.481 e. The minimum atomic E-state index is -1.57. The predicted octanol–water partition coefficient (Wildman–Crippen LogP) is 3.04. The summed E-state index contributed by atoms with van der Waals surface area (Å²) in [6.45, 7) is 4.92. The Morgan fingerprint density at radius 3 is 2.33 bits per heavy atom. The van der Waals surface area contributed by atoms with Crippen molar-refractivity contribution in [2.24, 2.45) is 11.7 Å². The van der Waals surface area contributed by atoms with Gasteiger partial charge in [0.25, 0.3) is 0 Å². The van der Waals surface area contributed by atoms with Crippen molar-refractivity contribution in [3.05, 3.63) is 33.8 Å². The van der Waals surface area contributed by atoms with Gasteiger partial charge in [-0.05, 0) is 32.4 Å². The maximum atomic E-state index is 12.1. The number of ether oxygens (including phenoxy) is 1. The Morgan fingerprint density at radius 1 is 1.29 bits per heavy atom. The summed E-state index contributed by atoms with van der Waals surface area (Å²) in [6.07, 6.45) is 0. The second kappa shape index (κ2) is 6.64. The number of halogens is 2. The zero-order valence-electron chi connectivity index (χ0n) is 11.9. The zero-order chi connectivity index (χ0) is 16.4. The molecule has 1 aromatic rings. The third kappa shape index (κ3) is 4.59. The SMILES string of the molecule is CC(C)(C)OC(=O)[C@@H](C(=O)O)C(N)c1cccc(Cl)c1Cl.